The molecule has 0 unspecified atom stereocenters. The first-order valence-corrected chi connectivity index (χ1v) is 8.53. The minimum absolute atomic E-state index is 0.0817. The number of ether oxygens (including phenoxy) is 2. The van der Waals surface area contributed by atoms with E-state index in [0.29, 0.717) is 25.5 Å². The van der Waals surface area contributed by atoms with Crippen molar-refractivity contribution >= 4 is 5.91 Å². The van der Waals surface area contributed by atoms with E-state index in [9.17, 15) is 4.79 Å². The molecule has 0 aliphatic carbocycles. The molecule has 5 heteroatoms. The summed E-state index contributed by atoms with van der Waals surface area (Å²) in [5.41, 5.74) is 1.47. The molecule has 0 atom stereocenters. The fraction of sp³-hybridized carbons (Fsp3) is 0.400. The number of aromatic nitrogens is 1. The van der Waals surface area contributed by atoms with E-state index in [1.54, 1.807) is 17.3 Å². The number of likely N-dealkylation sites (N-methyl/N-ethyl adjacent to an activating group) is 1. The summed E-state index contributed by atoms with van der Waals surface area (Å²) in [4.78, 5) is 18.8. The molecular weight excluding hydrogens is 316 g/mol. The van der Waals surface area contributed by atoms with Gasteiger partial charge in [0, 0.05) is 26.0 Å². The van der Waals surface area contributed by atoms with Crippen LogP contribution >= 0.6 is 0 Å². The number of nitrogens with zero attached hydrogens (tertiary/aromatic N) is 2. The highest BCUT2D eigenvalue weighted by molar-refractivity contribution is 5.87. The number of hydrogen-bond donors (Lipinski definition) is 0. The maximum Gasteiger partial charge on any atom is 0.232 e. The Labute approximate surface area is 148 Å². The van der Waals surface area contributed by atoms with Gasteiger partial charge in [-0.3, -0.25) is 9.78 Å². The number of hydrogen-bond acceptors (Lipinski definition) is 4. The molecule has 2 aromatic rings. The number of carbonyl (C=O) groups excluding carboxylic acids is 1. The molecule has 5 nitrogen and oxygen atoms in total. The van der Waals surface area contributed by atoms with Gasteiger partial charge in [-0.25, -0.2) is 0 Å². The van der Waals surface area contributed by atoms with Crippen LogP contribution in [0.25, 0.3) is 0 Å². The molecule has 0 saturated heterocycles. The van der Waals surface area contributed by atoms with Crippen molar-refractivity contribution in [2.45, 2.75) is 25.7 Å². The molecule has 1 aliphatic heterocycles. The number of benzene rings is 1. The van der Waals surface area contributed by atoms with Gasteiger partial charge in [0.05, 0.1) is 5.41 Å². The van der Waals surface area contributed by atoms with Crippen molar-refractivity contribution in [2.75, 3.05) is 26.8 Å². The molecule has 2 heterocycles. The SMILES string of the molecule is CN(CCc1ccncc1)C(=O)C(C)(C)c1ccc2c(c1)OCCO2. The lowest BCUT2D eigenvalue weighted by Gasteiger charge is -2.31. The van der Waals surface area contributed by atoms with Crippen LogP contribution in [0.15, 0.2) is 42.7 Å². The zero-order chi connectivity index (χ0) is 17.9. The summed E-state index contributed by atoms with van der Waals surface area (Å²) in [6.07, 6.45) is 4.36. The van der Waals surface area contributed by atoms with Crippen molar-refractivity contribution < 1.29 is 14.3 Å². The first-order chi connectivity index (χ1) is 12.0. The van der Waals surface area contributed by atoms with E-state index in [4.69, 9.17) is 9.47 Å². The van der Waals surface area contributed by atoms with E-state index < -0.39 is 5.41 Å². The Bertz CT molecular complexity index is 744. The zero-order valence-electron chi connectivity index (χ0n) is 15.0. The molecule has 1 aliphatic rings. The van der Waals surface area contributed by atoms with Crippen molar-refractivity contribution in [3.8, 4) is 11.5 Å². The topological polar surface area (TPSA) is 51.7 Å². The molecule has 0 spiro atoms. The minimum Gasteiger partial charge on any atom is -0.486 e. The predicted octanol–water partition coefficient (Wildman–Crippen LogP) is 2.83. The van der Waals surface area contributed by atoms with Gasteiger partial charge in [-0.2, -0.15) is 0 Å². The van der Waals surface area contributed by atoms with E-state index in [2.05, 4.69) is 4.98 Å². The Morgan fingerprint density at radius 3 is 2.52 bits per heavy atom. The lowest BCUT2D eigenvalue weighted by Crippen LogP contribution is -2.42. The Hall–Kier alpha value is -2.56. The molecule has 1 amide bonds. The van der Waals surface area contributed by atoms with Crippen LogP contribution in [0.2, 0.25) is 0 Å². The lowest BCUT2D eigenvalue weighted by molar-refractivity contribution is -0.134. The molecule has 0 fully saturated rings. The van der Waals surface area contributed by atoms with Gasteiger partial charge < -0.3 is 14.4 Å². The Balaban J connectivity index is 1.71. The summed E-state index contributed by atoms with van der Waals surface area (Å²) in [5.74, 6) is 1.53. The van der Waals surface area contributed by atoms with Gasteiger partial charge in [0.25, 0.3) is 0 Å². The van der Waals surface area contributed by atoms with E-state index in [0.717, 1.165) is 17.7 Å². The molecule has 132 valence electrons. The van der Waals surface area contributed by atoms with E-state index in [1.807, 2.05) is 51.2 Å². The second-order valence-corrected chi connectivity index (χ2v) is 6.82. The standard InChI is InChI=1S/C20H24N2O3/c1-20(2,16-4-5-17-18(14-16)25-13-12-24-17)19(23)22(3)11-8-15-6-9-21-10-7-15/h4-7,9-10,14H,8,11-13H2,1-3H3. The van der Waals surface area contributed by atoms with Crippen LogP contribution in [0.1, 0.15) is 25.0 Å². The molecule has 0 radical (unpaired) electrons. The summed E-state index contributed by atoms with van der Waals surface area (Å²) in [5, 5.41) is 0. The quantitative estimate of drug-likeness (QED) is 0.840. The van der Waals surface area contributed by atoms with Crippen LogP contribution in [0.4, 0.5) is 0 Å². The van der Waals surface area contributed by atoms with Crippen molar-refractivity contribution in [3.63, 3.8) is 0 Å². The average molecular weight is 340 g/mol. The monoisotopic (exact) mass is 340 g/mol. The number of carbonyl (C=O) groups is 1. The van der Waals surface area contributed by atoms with E-state index in [-0.39, 0.29) is 5.91 Å². The van der Waals surface area contributed by atoms with Gasteiger partial charge in [0.1, 0.15) is 13.2 Å². The number of fused-ring (bicyclic) bond motifs is 1. The Morgan fingerprint density at radius 1 is 1.12 bits per heavy atom. The molecule has 1 aromatic heterocycles. The minimum atomic E-state index is -0.636. The van der Waals surface area contributed by atoms with E-state index in [1.165, 1.54) is 5.56 Å². The number of pyridine rings is 1. The first-order valence-electron chi connectivity index (χ1n) is 8.53. The summed E-state index contributed by atoms with van der Waals surface area (Å²) in [6.45, 7) is 5.66. The van der Waals surface area contributed by atoms with Crippen molar-refractivity contribution in [1.82, 2.24) is 9.88 Å². The Kier molecular flexibility index (Phi) is 4.93. The van der Waals surface area contributed by atoms with Crippen LogP contribution < -0.4 is 9.47 Å². The van der Waals surface area contributed by atoms with Gasteiger partial charge in [-0.15, -0.1) is 0 Å². The molecule has 0 bridgehead atoms. The molecule has 0 saturated carbocycles. The van der Waals surface area contributed by atoms with Crippen LogP contribution in [0, 0.1) is 0 Å². The summed E-state index contributed by atoms with van der Waals surface area (Å²) in [7, 11) is 1.85. The number of amides is 1. The van der Waals surface area contributed by atoms with Crippen molar-refractivity contribution in [3.05, 3.63) is 53.9 Å². The van der Waals surface area contributed by atoms with Crippen LogP contribution in [-0.2, 0) is 16.6 Å². The van der Waals surface area contributed by atoms with Crippen molar-refractivity contribution in [2.24, 2.45) is 0 Å². The zero-order valence-corrected chi connectivity index (χ0v) is 15.0. The highest BCUT2D eigenvalue weighted by Crippen LogP contribution is 2.35. The third-order valence-electron chi connectivity index (χ3n) is 4.63. The number of rotatable bonds is 5. The molecule has 1 aromatic carbocycles. The maximum absolute atomic E-state index is 13.0. The highest BCUT2D eigenvalue weighted by Gasteiger charge is 2.33. The van der Waals surface area contributed by atoms with Gasteiger partial charge in [-0.05, 0) is 55.7 Å². The van der Waals surface area contributed by atoms with Crippen LogP contribution in [0.5, 0.6) is 11.5 Å². The third-order valence-corrected chi connectivity index (χ3v) is 4.63. The predicted molar refractivity (Wildman–Crippen MR) is 96.0 cm³/mol. The average Bonchev–Trinajstić information content (AvgIpc) is 2.65. The summed E-state index contributed by atoms with van der Waals surface area (Å²) < 4.78 is 11.2. The molecular formula is C20H24N2O3. The maximum atomic E-state index is 13.0. The second kappa shape index (κ2) is 7.13. The van der Waals surface area contributed by atoms with Gasteiger partial charge in [0.15, 0.2) is 11.5 Å². The molecule has 3 rings (SSSR count). The van der Waals surface area contributed by atoms with Gasteiger partial charge in [-0.1, -0.05) is 6.07 Å². The summed E-state index contributed by atoms with van der Waals surface area (Å²) >= 11 is 0. The van der Waals surface area contributed by atoms with Crippen LogP contribution in [0.3, 0.4) is 0 Å². The lowest BCUT2D eigenvalue weighted by atomic mass is 9.83. The molecule has 0 N–H and O–H groups in total. The normalized spacial score (nSPS) is 13.4. The molecule has 25 heavy (non-hydrogen) atoms. The van der Waals surface area contributed by atoms with Crippen LogP contribution in [-0.4, -0.2) is 42.6 Å². The second-order valence-electron chi connectivity index (χ2n) is 6.82. The van der Waals surface area contributed by atoms with Crippen molar-refractivity contribution in [1.29, 1.82) is 0 Å². The smallest absolute Gasteiger partial charge is 0.232 e. The highest BCUT2D eigenvalue weighted by atomic mass is 16.6. The van der Waals surface area contributed by atoms with Gasteiger partial charge in [0.2, 0.25) is 5.91 Å². The first kappa shape index (κ1) is 17.3. The Morgan fingerprint density at radius 2 is 1.80 bits per heavy atom. The van der Waals surface area contributed by atoms with Gasteiger partial charge >= 0.3 is 0 Å². The largest absolute Gasteiger partial charge is 0.486 e. The fourth-order valence-corrected chi connectivity index (χ4v) is 2.98. The fourth-order valence-electron chi connectivity index (χ4n) is 2.98. The van der Waals surface area contributed by atoms with E-state index >= 15 is 0 Å². The summed E-state index contributed by atoms with van der Waals surface area (Å²) in [6, 6.07) is 9.70. The third kappa shape index (κ3) is 3.76.